The van der Waals surface area contributed by atoms with Crippen molar-refractivity contribution in [2.75, 3.05) is 59.7 Å². The second-order valence-corrected chi connectivity index (χ2v) is 11.5. The van der Waals surface area contributed by atoms with Crippen molar-refractivity contribution in [2.24, 2.45) is 5.41 Å². The molecule has 44 heavy (non-hydrogen) atoms. The molecule has 238 valence electrons. The molecule has 12 heteroatoms. The fourth-order valence-corrected chi connectivity index (χ4v) is 6.22. The Bertz CT molecular complexity index is 1410. The summed E-state index contributed by atoms with van der Waals surface area (Å²) in [5.74, 6) is -1.24. The van der Waals surface area contributed by atoms with Crippen molar-refractivity contribution in [1.82, 2.24) is 20.3 Å². The first-order valence-corrected chi connectivity index (χ1v) is 15.0. The molecule has 0 bridgehead atoms. The molecule has 1 aromatic heterocycles. The number of methoxy groups -OCH3 is 1. The van der Waals surface area contributed by atoms with Crippen molar-refractivity contribution in [3.8, 4) is 11.5 Å². The van der Waals surface area contributed by atoms with Crippen molar-refractivity contribution < 1.29 is 37.4 Å². The average Bonchev–Trinajstić information content (AvgIpc) is 3.03. The summed E-state index contributed by atoms with van der Waals surface area (Å²) in [6.45, 7) is 4.98. The Hall–Kier alpha value is -3.45. The van der Waals surface area contributed by atoms with E-state index in [2.05, 4.69) is 14.8 Å². The van der Waals surface area contributed by atoms with Crippen LogP contribution in [0.1, 0.15) is 43.0 Å². The summed E-state index contributed by atoms with van der Waals surface area (Å²) in [6, 6.07) is 8.44. The summed E-state index contributed by atoms with van der Waals surface area (Å²) in [5, 5.41) is 10.3. The number of nitrogens with one attached hydrogen (secondary N) is 1. The maximum absolute atomic E-state index is 16.5. The first-order valence-electron chi connectivity index (χ1n) is 15.0. The summed E-state index contributed by atoms with van der Waals surface area (Å²) in [5.41, 5.74) is 2.86. The minimum absolute atomic E-state index is 0.0775. The van der Waals surface area contributed by atoms with Crippen LogP contribution in [0.3, 0.4) is 0 Å². The summed E-state index contributed by atoms with van der Waals surface area (Å²) in [4.78, 5) is 21.9. The van der Waals surface area contributed by atoms with Gasteiger partial charge in [0.2, 0.25) is 5.91 Å². The second-order valence-electron chi connectivity index (χ2n) is 11.5. The highest BCUT2D eigenvalue weighted by molar-refractivity contribution is 5.85. The Kier molecular flexibility index (Phi) is 10.6. The van der Waals surface area contributed by atoms with Gasteiger partial charge in [-0.25, -0.2) is 18.7 Å². The number of ether oxygens (including phenoxy) is 3. The number of likely N-dealkylation sites (tertiary alicyclic amines) is 1. The third kappa shape index (κ3) is 7.60. The molecular weight excluding hydrogens is 577 g/mol. The lowest BCUT2D eigenvalue weighted by Gasteiger charge is -2.40. The van der Waals surface area contributed by atoms with E-state index < -0.39 is 29.1 Å². The van der Waals surface area contributed by atoms with Gasteiger partial charge in [0.25, 0.3) is 0 Å². The predicted octanol–water partition coefficient (Wildman–Crippen LogP) is 4.81. The zero-order valence-corrected chi connectivity index (χ0v) is 24.9. The molecule has 9 nitrogen and oxygen atoms in total. The van der Waals surface area contributed by atoms with Crippen LogP contribution in [0.5, 0.6) is 11.5 Å². The minimum Gasteiger partial charge on any atom is -0.497 e. The van der Waals surface area contributed by atoms with Gasteiger partial charge in [0.05, 0.1) is 31.3 Å². The van der Waals surface area contributed by atoms with E-state index in [0.717, 1.165) is 36.9 Å². The Morgan fingerprint density at radius 2 is 1.80 bits per heavy atom. The Labute approximate surface area is 254 Å². The van der Waals surface area contributed by atoms with Crippen molar-refractivity contribution >= 4 is 16.8 Å². The molecule has 2 fully saturated rings. The monoisotopic (exact) mass is 616 g/mol. The number of pyridine rings is 1. The molecule has 1 unspecified atom stereocenters. The Balaban J connectivity index is 1.27. The van der Waals surface area contributed by atoms with Crippen LogP contribution in [0.25, 0.3) is 10.9 Å². The summed E-state index contributed by atoms with van der Waals surface area (Å²) in [6.07, 6.45) is 1.48. The molecule has 3 heterocycles. The van der Waals surface area contributed by atoms with Crippen molar-refractivity contribution in [1.29, 1.82) is 0 Å². The highest BCUT2D eigenvalue weighted by Gasteiger charge is 2.41. The lowest BCUT2D eigenvalue weighted by Crippen LogP contribution is -2.49. The van der Waals surface area contributed by atoms with Gasteiger partial charge in [-0.1, -0.05) is 0 Å². The van der Waals surface area contributed by atoms with Crippen LogP contribution >= 0.6 is 0 Å². The van der Waals surface area contributed by atoms with E-state index in [-0.39, 0.29) is 25.2 Å². The van der Waals surface area contributed by atoms with Gasteiger partial charge in [-0.15, -0.1) is 0 Å². The van der Waals surface area contributed by atoms with E-state index in [1.807, 2.05) is 17.6 Å². The number of hydrogen-bond acceptors (Lipinski definition) is 8. The van der Waals surface area contributed by atoms with E-state index in [0.29, 0.717) is 74.5 Å². The van der Waals surface area contributed by atoms with Crippen LogP contribution in [0.2, 0.25) is 0 Å². The summed E-state index contributed by atoms with van der Waals surface area (Å²) in [7, 11) is 1.57. The largest absolute Gasteiger partial charge is 0.497 e. The van der Waals surface area contributed by atoms with Crippen molar-refractivity contribution in [2.45, 2.75) is 38.4 Å². The third-order valence-electron chi connectivity index (χ3n) is 8.80. The van der Waals surface area contributed by atoms with E-state index in [1.165, 1.54) is 0 Å². The van der Waals surface area contributed by atoms with E-state index in [1.54, 1.807) is 19.4 Å². The highest BCUT2D eigenvalue weighted by atomic mass is 19.1. The molecule has 3 aromatic rings. The molecule has 0 radical (unpaired) electrons. The third-order valence-corrected chi connectivity index (χ3v) is 8.80. The molecule has 2 aromatic carbocycles. The zero-order valence-electron chi connectivity index (χ0n) is 24.9. The quantitative estimate of drug-likeness (QED) is 0.221. The predicted molar refractivity (Wildman–Crippen MR) is 157 cm³/mol. The number of rotatable bonds is 12. The van der Waals surface area contributed by atoms with Gasteiger partial charge in [0.15, 0.2) is 0 Å². The van der Waals surface area contributed by atoms with Crippen LogP contribution in [-0.4, -0.2) is 85.6 Å². The fraction of sp³-hybridized carbons (Fsp3) is 0.500. The molecule has 2 saturated heterocycles. The first-order chi connectivity index (χ1) is 21.3. The molecule has 0 spiro atoms. The van der Waals surface area contributed by atoms with Crippen LogP contribution in [0.4, 0.5) is 13.2 Å². The number of morpholine rings is 1. The van der Waals surface area contributed by atoms with Crippen LogP contribution in [-0.2, 0) is 16.1 Å². The number of carbonyl (C=O) groups excluding carboxylic acids is 1. The number of piperidine rings is 1. The molecule has 2 aliphatic rings. The molecule has 0 aliphatic carbocycles. The SMILES string of the molecule is COc1ccc2ncc(CN3CCOCC3)c(C(F)CCC3(C(=O)NO)CCN(CCOc4cc(F)cc(F)c4)CC3)c2c1. The zero-order chi connectivity index (χ0) is 31.1. The van der Waals surface area contributed by atoms with E-state index in [4.69, 9.17) is 14.2 Å². The number of hydroxylamine groups is 1. The van der Waals surface area contributed by atoms with E-state index >= 15 is 4.39 Å². The first kappa shape index (κ1) is 32.0. The number of amides is 1. The Morgan fingerprint density at radius 3 is 2.48 bits per heavy atom. The molecular formula is C32H39F3N4O5. The minimum atomic E-state index is -1.38. The number of alkyl halides is 1. The second kappa shape index (κ2) is 14.6. The summed E-state index contributed by atoms with van der Waals surface area (Å²) >= 11 is 0. The average molecular weight is 617 g/mol. The van der Waals surface area contributed by atoms with Gasteiger partial charge >= 0.3 is 0 Å². The van der Waals surface area contributed by atoms with E-state index in [9.17, 15) is 18.8 Å². The van der Waals surface area contributed by atoms with Gasteiger partial charge in [0, 0.05) is 61.5 Å². The van der Waals surface area contributed by atoms with Gasteiger partial charge in [0.1, 0.15) is 35.9 Å². The number of benzene rings is 2. The van der Waals surface area contributed by atoms with Gasteiger partial charge in [-0.2, -0.15) is 0 Å². The van der Waals surface area contributed by atoms with Crippen molar-refractivity contribution in [3.63, 3.8) is 0 Å². The molecule has 2 aliphatic heterocycles. The van der Waals surface area contributed by atoms with Crippen LogP contribution < -0.4 is 15.0 Å². The van der Waals surface area contributed by atoms with Gasteiger partial charge in [-0.3, -0.25) is 24.8 Å². The normalized spacial score (nSPS) is 18.2. The number of carbonyl (C=O) groups is 1. The topological polar surface area (TPSA) is 96.4 Å². The number of nitrogens with zero attached hydrogens (tertiary/aromatic N) is 3. The lowest BCUT2D eigenvalue weighted by atomic mass is 9.73. The number of aromatic nitrogens is 1. The maximum Gasteiger partial charge on any atom is 0.249 e. The molecule has 5 rings (SSSR count). The molecule has 1 amide bonds. The molecule has 2 N–H and O–H groups in total. The maximum atomic E-state index is 16.5. The van der Waals surface area contributed by atoms with Gasteiger partial charge in [-0.05, 0) is 62.5 Å². The standard InChI is InChI=1S/C32H39F3N4O5/c1-42-25-2-3-29-27(19-25)30(22(20-36-29)21-39-10-13-43-14-11-39)28(35)4-5-32(31(40)37-41)6-8-38(9-7-32)12-15-44-26-17-23(33)16-24(34)18-26/h2-3,16-20,28,41H,4-15,21H2,1H3,(H,37,40). The smallest absolute Gasteiger partial charge is 0.249 e. The number of fused-ring (bicyclic) bond motifs is 1. The van der Waals surface area contributed by atoms with Crippen molar-refractivity contribution in [3.05, 3.63) is 65.4 Å². The Morgan fingerprint density at radius 1 is 1.07 bits per heavy atom. The highest BCUT2D eigenvalue weighted by Crippen LogP contribution is 2.41. The lowest BCUT2D eigenvalue weighted by molar-refractivity contribution is -0.143. The molecule has 0 saturated carbocycles. The number of hydrogen-bond donors (Lipinski definition) is 2. The fourth-order valence-electron chi connectivity index (χ4n) is 6.22. The van der Waals surface area contributed by atoms with Gasteiger partial charge < -0.3 is 14.2 Å². The van der Waals surface area contributed by atoms with Crippen LogP contribution in [0.15, 0.2) is 42.6 Å². The van der Waals surface area contributed by atoms with Crippen LogP contribution in [0, 0.1) is 17.0 Å². The molecule has 1 atom stereocenters. The number of halogens is 3. The summed E-state index contributed by atoms with van der Waals surface area (Å²) < 4.78 is 59.8.